The van der Waals surface area contributed by atoms with Crippen molar-refractivity contribution in [2.45, 2.75) is 6.92 Å². The fraction of sp³-hybridized carbons (Fsp3) is 0.143. The average Bonchev–Trinajstić information content (AvgIpc) is 1.83. The van der Waals surface area contributed by atoms with Gasteiger partial charge in [0.25, 0.3) is 0 Å². The highest BCUT2D eigenvalue weighted by Gasteiger charge is 1.78. The molecule has 0 radical (unpaired) electrons. The molecule has 0 rings (SSSR count). The third kappa shape index (κ3) is 4.81. The van der Waals surface area contributed by atoms with E-state index < -0.39 is 0 Å². The Morgan fingerprint density at radius 3 is 2.44 bits per heavy atom. The maximum absolute atomic E-state index is 11.9. The van der Waals surface area contributed by atoms with Crippen molar-refractivity contribution in [1.29, 1.82) is 0 Å². The van der Waals surface area contributed by atoms with Gasteiger partial charge in [-0.3, -0.25) is 0 Å². The Kier molecular flexibility index (Phi) is 3.44. The third-order valence-corrected chi connectivity index (χ3v) is 0.741. The van der Waals surface area contributed by atoms with Crippen LogP contribution in [-0.4, -0.2) is 0 Å². The van der Waals surface area contributed by atoms with E-state index in [2.05, 4.69) is 6.58 Å². The lowest BCUT2D eigenvalue weighted by Gasteiger charge is -1.84. The van der Waals surface area contributed by atoms with E-state index in [1.807, 2.05) is 0 Å². The van der Waals surface area contributed by atoms with Gasteiger partial charge in [-0.25, -0.2) is 4.39 Å². The monoisotopic (exact) mass is 127 g/mol. The lowest BCUT2D eigenvalue weighted by Crippen LogP contribution is -1.89. The van der Waals surface area contributed by atoms with E-state index in [9.17, 15) is 4.39 Å². The number of hydrogen-bond donors (Lipinski definition) is 1. The molecule has 0 aliphatic heterocycles. The summed E-state index contributed by atoms with van der Waals surface area (Å²) in [6, 6.07) is 0. The second-order valence-electron chi connectivity index (χ2n) is 1.62. The summed E-state index contributed by atoms with van der Waals surface area (Å²) in [5.74, 6) is -0.264. The van der Waals surface area contributed by atoms with Gasteiger partial charge in [0.2, 0.25) is 0 Å². The first kappa shape index (κ1) is 7.95. The van der Waals surface area contributed by atoms with Crippen LogP contribution in [0.1, 0.15) is 6.92 Å². The molecule has 0 saturated heterocycles. The van der Waals surface area contributed by atoms with E-state index >= 15 is 0 Å². The van der Waals surface area contributed by atoms with Gasteiger partial charge in [0.1, 0.15) is 0 Å². The van der Waals surface area contributed by atoms with Crippen molar-refractivity contribution in [3.05, 3.63) is 36.3 Å². The van der Waals surface area contributed by atoms with Gasteiger partial charge < -0.3 is 5.73 Å². The molecule has 0 unspecified atom stereocenters. The highest BCUT2D eigenvalue weighted by molar-refractivity contribution is 5.19. The normalized spacial score (nSPS) is 13.6. The van der Waals surface area contributed by atoms with Gasteiger partial charge in [-0.2, -0.15) is 0 Å². The molecule has 0 atom stereocenters. The summed E-state index contributed by atoms with van der Waals surface area (Å²) in [5.41, 5.74) is 5.72. The fourth-order valence-electron chi connectivity index (χ4n) is 0.279. The molecule has 2 N–H and O–H groups in total. The van der Waals surface area contributed by atoms with E-state index in [1.54, 1.807) is 0 Å². The van der Waals surface area contributed by atoms with Crippen LogP contribution < -0.4 is 5.73 Å². The van der Waals surface area contributed by atoms with Gasteiger partial charge in [0.05, 0.1) is 5.83 Å². The number of rotatable bonds is 2. The highest BCUT2D eigenvalue weighted by Crippen LogP contribution is 1.94. The summed E-state index contributed by atoms with van der Waals surface area (Å²) in [6.45, 7) is 4.75. The number of hydrogen-bond acceptors (Lipinski definition) is 1. The zero-order chi connectivity index (χ0) is 7.28. The number of nitrogens with two attached hydrogens (primary N) is 1. The Balaban J connectivity index is 3.98. The minimum atomic E-state index is -0.264. The van der Waals surface area contributed by atoms with Crippen molar-refractivity contribution in [2.24, 2.45) is 5.73 Å². The van der Waals surface area contributed by atoms with Crippen molar-refractivity contribution in [3.8, 4) is 0 Å². The smallest absolute Gasteiger partial charge is 0.0969 e. The quantitative estimate of drug-likeness (QED) is 0.563. The molecule has 0 aromatic heterocycles. The largest absolute Gasteiger partial charge is 0.399 e. The molecule has 9 heavy (non-hydrogen) atoms. The van der Waals surface area contributed by atoms with Gasteiger partial charge in [0, 0.05) is 5.70 Å². The molecular formula is C7H10FN. The zero-order valence-corrected chi connectivity index (χ0v) is 5.39. The van der Waals surface area contributed by atoms with Gasteiger partial charge in [0.15, 0.2) is 0 Å². The van der Waals surface area contributed by atoms with Crippen LogP contribution in [-0.2, 0) is 0 Å². The summed E-state index contributed by atoms with van der Waals surface area (Å²) >= 11 is 0. The van der Waals surface area contributed by atoms with Crippen molar-refractivity contribution in [2.75, 3.05) is 0 Å². The number of halogens is 1. The van der Waals surface area contributed by atoms with Crippen LogP contribution in [0.2, 0.25) is 0 Å². The van der Waals surface area contributed by atoms with Crippen molar-refractivity contribution in [3.63, 3.8) is 0 Å². The van der Waals surface area contributed by atoms with Gasteiger partial charge in [-0.15, -0.1) is 0 Å². The van der Waals surface area contributed by atoms with E-state index in [1.165, 1.54) is 25.2 Å². The molecule has 2 heteroatoms. The number of allylic oxidation sites excluding steroid dienone is 4. The van der Waals surface area contributed by atoms with Crippen LogP contribution in [0.4, 0.5) is 4.39 Å². The minimum Gasteiger partial charge on any atom is -0.399 e. The van der Waals surface area contributed by atoms with Gasteiger partial charge in [-0.05, 0) is 25.2 Å². The predicted octanol–water partition coefficient (Wildman–Crippen LogP) is 1.89. The first-order valence-electron chi connectivity index (χ1n) is 2.59. The molecule has 0 heterocycles. The van der Waals surface area contributed by atoms with Crippen LogP contribution in [0.25, 0.3) is 0 Å². The fourth-order valence-corrected chi connectivity index (χ4v) is 0.279. The van der Waals surface area contributed by atoms with Crippen LogP contribution in [0.3, 0.4) is 0 Å². The molecule has 0 fully saturated rings. The molecule has 1 nitrogen and oxygen atoms in total. The highest BCUT2D eigenvalue weighted by atomic mass is 19.1. The zero-order valence-electron chi connectivity index (χ0n) is 5.39. The molecule has 0 saturated carbocycles. The molecule has 0 aromatic carbocycles. The maximum atomic E-state index is 11.9. The van der Waals surface area contributed by atoms with Crippen LogP contribution in [0.5, 0.6) is 0 Å². The summed E-state index contributed by atoms with van der Waals surface area (Å²) in [4.78, 5) is 0. The van der Waals surface area contributed by atoms with Crippen molar-refractivity contribution < 1.29 is 4.39 Å². The Morgan fingerprint density at radius 1 is 1.56 bits per heavy atom. The molecular weight excluding hydrogens is 117 g/mol. The molecule has 0 aromatic rings. The summed E-state index contributed by atoms with van der Waals surface area (Å²) in [6.07, 6.45) is 4.21. The molecule has 0 bridgehead atoms. The van der Waals surface area contributed by atoms with E-state index in [0.29, 0.717) is 5.70 Å². The first-order valence-corrected chi connectivity index (χ1v) is 2.59. The second kappa shape index (κ2) is 3.89. The SMILES string of the molecule is C=C/C(N)=C\C=C(/C)F. The standard InChI is InChI=1S/C7H10FN/c1-3-7(9)5-4-6(2)8/h3-5H,1,9H2,2H3/b6-4+,7-5+. The van der Waals surface area contributed by atoms with E-state index in [-0.39, 0.29) is 5.83 Å². The third-order valence-electron chi connectivity index (χ3n) is 0.741. The first-order chi connectivity index (χ1) is 4.16. The summed E-state index contributed by atoms with van der Waals surface area (Å²) in [7, 11) is 0. The van der Waals surface area contributed by atoms with Gasteiger partial charge in [-0.1, -0.05) is 6.58 Å². The predicted molar refractivity (Wildman–Crippen MR) is 37.3 cm³/mol. The molecule has 0 spiro atoms. The summed E-state index contributed by atoms with van der Waals surface area (Å²) < 4.78 is 11.9. The van der Waals surface area contributed by atoms with E-state index in [4.69, 9.17) is 5.73 Å². The Hall–Kier alpha value is -1.05. The Bertz CT molecular complexity index is 152. The minimum absolute atomic E-state index is 0.264. The van der Waals surface area contributed by atoms with Crippen molar-refractivity contribution >= 4 is 0 Å². The Morgan fingerprint density at radius 2 is 2.11 bits per heavy atom. The lowest BCUT2D eigenvalue weighted by molar-refractivity contribution is 0.640. The Labute approximate surface area is 54.4 Å². The summed E-state index contributed by atoms with van der Waals surface area (Å²) in [5, 5.41) is 0. The molecule has 0 aliphatic carbocycles. The average molecular weight is 127 g/mol. The maximum Gasteiger partial charge on any atom is 0.0969 e. The lowest BCUT2D eigenvalue weighted by atomic mass is 10.4. The van der Waals surface area contributed by atoms with Crippen LogP contribution in [0.15, 0.2) is 36.3 Å². The van der Waals surface area contributed by atoms with Crippen LogP contribution >= 0.6 is 0 Å². The molecule has 50 valence electrons. The van der Waals surface area contributed by atoms with Crippen LogP contribution in [0, 0.1) is 0 Å². The molecule has 0 aliphatic rings. The van der Waals surface area contributed by atoms with E-state index in [0.717, 1.165) is 0 Å². The topological polar surface area (TPSA) is 26.0 Å². The van der Waals surface area contributed by atoms with Crippen molar-refractivity contribution in [1.82, 2.24) is 0 Å². The second-order valence-corrected chi connectivity index (χ2v) is 1.62. The van der Waals surface area contributed by atoms with Gasteiger partial charge >= 0.3 is 0 Å². The molecule has 0 amide bonds.